The first-order valence-corrected chi connectivity index (χ1v) is 7.87. The number of rotatable bonds is 5. The van der Waals surface area contributed by atoms with Gasteiger partial charge in [-0.25, -0.2) is 4.68 Å². The van der Waals surface area contributed by atoms with Gasteiger partial charge < -0.3 is 10.1 Å². The molecule has 0 atom stereocenters. The van der Waals surface area contributed by atoms with Crippen molar-refractivity contribution in [3.63, 3.8) is 0 Å². The molecule has 0 aliphatic carbocycles. The summed E-state index contributed by atoms with van der Waals surface area (Å²) in [6.45, 7) is 0.0488. The van der Waals surface area contributed by atoms with Gasteiger partial charge >= 0.3 is 6.18 Å². The Bertz CT molecular complexity index is 939. The van der Waals surface area contributed by atoms with Gasteiger partial charge in [-0.15, -0.1) is 5.10 Å². The summed E-state index contributed by atoms with van der Waals surface area (Å²) in [6, 6.07) is 13.4. The number of carbonyl (C=O) groups excluding carboxylic acids is 1. The number of aromatic nitrogens is 3. The molecule has 1 heterocycles. The molecule has 0 spiro atoms. The zero-order valence-electron chi connectivity index (χ0n) is 14.2. The lowest BCUT2D eigenvalue weighted by molar-refractivity contribution is -0.137. The normalized spacial score (nSPS) is 11.4. The SMILES string of the molecule is COCc1c(C(=O)Nc2cccc(C(F)(F)F)c2)nnn1-c1ccccc1. The van der Waals surface area contributed by atoms with Crippen LogP contribution in [0.5, 0.6) is 0 Å². The van der Waals surface area contributed by atoms with Crippen LogP contribution in [0.15, 0.2) is 54.6 Å². The Morgan fingerprint density at radius 3 is 2.56 bits per heavy atom. The Labute approximate surface area is 152 Å². The molecule has 0 saturated carbocycles. The molecule has 1 amide bonds. The number of benzene rings is 2. The summed E-state index contributed by atoms with van der Waals surface area (Å²) >= 11 is 0. The molecule has 1 N–H and O–H groups in total. The number of para-hydroxylation sites is 1. The van der Waals surface area contributed by atoms with Crippen molar-refractivity contribution in [2.45, 2.75) is 12.8 Å². The Morgan fingerprint density at radius 2 is 1.89 bits per heavy atom. The molecule has 0 aliphatic heterocycles. The maximum atomic E-state index is 12.8. The molecule has 140 valence electrons. The molecule has 1 aromatic heterocycles. The van der Waals surface area contributed by atoms with Crippen LogP contribution >= 0.6 is 0 Å². The van der Waals surface area contributed by atoms with Crippen molar-refractivity contribution in [1.29, 1.82) is 0 Å². The highest BCUT2D eigenvalue weighted by Gasteiger charge is 2.30. The van der Waals surface area contributed by atoms with Gasteiger partial charge in [0.15, 0.2) is 5.69 Å². The molecule has 3 rings (SSSR count). The number of carbonyl (C=O) groups is 1. The van der Waals surface area contributed by atoms with Crippen molar-refractivity contribution in [3.8, 4) is 5.69 Å². The van der Waals surface area contributed by atoms with Crippen LogP contribution in [0.25, 0.3) is 5.69 Å². The van der Waals surface area contributed by atoms with Gasteiger partial charge in [-0.3, -0.25) is 4.79 Å². The van der Waals surface area contributed by atoms with Gasteiger partial charge in [0.2, 0.25) is 0 Å². The van der Waals surface area contributed by atoms with Crippen molar-refractivity contribution in [1.82, 2.24) is 15.0 Å². The molecule has 2 aromatic carbocycles. The molecule has 9 heteroatoms. The Kier molecular flexibility index (Phi) is 5.22. The van der Waals surface area contributed by atoms with Gasteiger partial charge in [0, 0.05) is 12.8 Å². The van der Waals surface area contributed by atoms with E-state index < -0.39 is 17.6 Å². The first-order valence-electron chi connectivity index (χ1n) is 7.87. The zero-order chi connectivity index (χ0) is 19.4. The standard InChI is InChI=1S/C18H15F3N4O2/c1-27-11-15-16(23-24-25(15)14-8-3-2-4-9-14)17(26)22-13-7-5-6-12(10-13)18(19,20)21/h2-10H,11H2,1H3,(H,22,26). The quantitative estimate of drug-likeness (QED) is 0.738. The predicted octanol–water partition coefficient (Wildman–Crippen LogP) is 3.68. The molecule has 0 saturated heterocycles. The van der Waals surface area contributed by atoms with Crippen LogP contribution in [0.2, 0.25) is 0 Å². The summed E-state index contributed by atoms with van der Waals surface area (Å²) in [5, 5.41) is 10.3. The van der Waals surface area contributed by atoms with Crippen LogP contribution in [0, 0.1) is 0 Å². The molecule has 3 aromatic rings. The van der Waals surface area contributed by atoms with Gasteiger partial charge in [-0.05, 0) is 30.3 Å². The number of nitrogens with zero attached hydrogens (tertiary/aromatic N) is 3. The minimum Gasteiger partial charge on any atom is -0.378 e. The smallest absolute Gasteiger partial charge is 0.378 e. The molecular formula is C18H15F3N4O2. The maximum Gasteiger partial charge on any atom is 0.416 e. The Morgan fingerprint density at radius 1 is 1.15 bits per heavy atom. The largest absolute Gasteiger partial charge is 0.416 e. The summed E-state index contributed by atoms with van der Waals surface area (Å²) in [7, 11) is 1.46. The second kappa shape index (κ2) is 7.58. The average Bonchev–Trinajstić information content (AvgIpc) is 3.06. The lowest BCUT2D eigenvalue weighted by atomic mass is 10.2. The van der Waals surface area contributed by atoms with Crippen molar-refractivity contribution in [2.24, 2.45) is 0 Å². The number of methoxy groups -OCH3 is 1. The highest BCUT2D eigenvalue weighted by Crippen LogP contribution is 2.30. The lowest BCUT2D eigenvalue weighted by Gasteiger charge is -2.10. The summed E-state index contributed by atoms with van der Waals surface area (Å²) in [4.78, 5) is 12.6. The van der Waals surface area contributed by atoms with Gasteiger partial charge in [0.1, 0.15) is 5.69 Å². The van der Waals surface area contributed by atoms with E-state index in [0.717, 1.165) is 12.1 Å². The number of anilines is 1. The third-order valence-corrected chi connectivity index (χ3v) is 3.71. The molecule has 0 fully saturated rings. The van der Waals surface area contributed by atoms with Crippen molar-refractivity contribution < 1.29 is 22.7 Å². The number of amides is 1. The maximum absolute atomic E-state index is 12.8. The minimum absolute atomic E-state index is 0.00690. The van der Waals surface area contributed by atoms with Crippen molar-refractivity contribution in [3.05, 3.63) is 71.5 Å². The summed E-state index contributed by atoms with van der Waals surface area (Å²) in [5.74, 6) is -0.677. The minimum atomic E-state index is -4.50. The second-order valence-electron chi connectivity index (χ2n) is 5.60. The van der Waals surface area contributed by atoms with Gasteiger partial charge in [0.05, 0.1) is 17.9 Å². The number of hydrogen-bond donors (Lipinski definition) is 1. The molecule has 0 radical (unpaired) electrons. The van der Waals surface area contributed by atoms with Gasteiger partial charge in [0.25, 0.3) is 5.91 Å². The van der Waals surface area contributed by atoms with E-state index in [1.807, 2.05) is 6.07 Å². The van der Waals surface area contributed by atoms with Crippen molar-refractivity contribution >= 4 is 11.6 Å². The van der Waals surface area contributed by atoms with Crippen LogP contribution in [0.3, 0.4) is 0 Å². The van der Waals surface area contributed by atoms with Crippen LogP contribution in [-0.2, 0) is 17.5 Å². The summed E-state index contributed by atoms with van der Waals surface area (Å²) < 4.78 is 45.1. The fourth-order valence-electron chi connectivity index (χ4n) is 2.48. The van der Waals surface area contributed by atoms with E-state index in [0.29, 0.717) is 11.4 Å². The molecule has 0 aliphatic rings. The monoisotopic (exact) mass is 376 g/mol. The van der Waals surface area contributed by atoms with E-state index in [-0.39, 0.29) is 18.0 Å². The van der Waals surface area contributed by atoms with Crippen LogP contribution in [0.4, 0.5) is 18.9 Å². The highest BCUT2D eigenvalue weighted by molar-refractivity contribution is 6.03. The summed E-state index contributed by atoms with van der Waals surface area (Å²) in [6.07, 6.45) is -4.50. The van der Waals surface area contributed by atoms with E-state index in [9.17, 15) is 18.0 Å². The van der Waals surface area contributed by atoms with E-state index in [1.54, 1.807) is 24.3 Å². The highest BCUT2D eigenvalue weighted by atomic mass is 19.4. The topological polar surface area (TPSA) is 69.0 Å². The Balaban J connectivity index is 1.90. The number of nitrogens with one attached hydrogen (secondary N) is 1. The van der Waals surface area contributed by atoms with Gasteiger partial charge in [-0.1, -0.05) is 29.5 Å². The van der Waals surface area contributed by atoms with Crippen LogP contribution < -0.4 is 5.32 Å². The van der Waals surface area contributed by atoms with Crippen LogP contribution in [0.1, 0.15) is 21.7 Å². The first kappa shape index (κ1) is 18.6. The molecule has 0 unspecified atom stereocenters. The zero-order valence-corrected chi connectivity index (χ0v) is 14.2. The second-order valence-corrected chi connectivity index (χ2v) is 5.60. The van der Waals surface area contributed by atoms with E-state index in [4.69, 9.17) is 4.74 Å². The van der Waals surface area contributed by atoms with Gasteiger partial charge in [-0.2, -0.15) is 13.2 Å². The molecule has 0 bridgehead atoms. The van der Waals surface area contributed by atoms with E-state index >= 15 is 0 Å². The number of alkyl halides is 3. The molecular weight excluding hydrogens is 361 g/mol. The lowest BCUT2D eigenvalue weighted by Crippen LogP contribution is -2.16. The van der Waals surface area contributed by atoms with E-state index in [1.165, 1.54) is 23.9 Å². The third kappa shape index (κ3) is 4.14. The number of halogens is 3. The van der Waals surface area contributed by atoms with Crippen molar-refractivity contribution in [2.75, 3.05) is 12.4 Å². The number of hydrogen-bond acceptors (Lipinski definition) is 4. The summed E-state index contributed by atoms with van der Waals surface area (Å²) in [5.41, 5.74) is 0.180. The average molecular weight is 376 g/mol. The first-order chi connectivity index (χ1) is 12.9. The van der Waals surface area contributed by atoms with E-state index in [2.05, 4.69) is 15.6 Å². The predicted molar refractivity (Wildman–Crippen MR) is 91.5 cm³/mol. The number of ether oxygens (including phenoxy) is 1. The molecule has 6 nitrogen and oxygen atoms in total. The third-order valence-electron chi connectivity index (χ3n) is 3.71. The van der Waals surface area contributed by atoms with Crippen LogP contribution in [-0.4, -0.2) is 28.0 Å². The fourth-order valence-corrected chi connectivity index (χ4v) is 2.48. The fraction of sp³-hybridized carbons (Fsp3) is 0.167. The Hall–Kier alpha value is -3.20. The molecule has 27 heavy (non-hydrogen) atoms.